The molecule has 0 amide bonds. The molecule has 76 valence electrons. The fourth-order valence-corrected chi connectivity index (χ4v) is 1.37. The van der Waals surface area contributed by atoms with Gasteiger partial charge in [-0.1, -0.05) is 0 Å². The van der Waals surface area contributed by atoms with E-state index in [-0.39, 0.29) is 4.47 Å². The Morgan fingerprint density at radius 1 is 1.57 bits per heavy atom. The summed E-state index contributed by atoms with van der Waals surface area (Å²) in [7, 11) is 0. The first-order valence-corrected chi connectivity index (χ1v) is 4.41. The van der Waals surface area contributed by atoms with Crippen LogP contribution in [0, 0.1) is 5.82 Å². The van der Waals surface area contributed by atoms with E-state index in [0.717, 1.165) is 6.07 Å². The Morgan fingerprint density at radius 3 is 2.64 bits per heavy atom. The average Bonchev–Trinajstić information content (AvgIpc) is 2.15. The second-order valence-corrected chi connectivity index (χ2v) is 3.40. The molecule has 1 aromatic carbocycles. The number of ketones is 1. The third kappa shape index (κ3) is 1.71. The van der Waals surface area contributed by atoms with Crippen molar-refractivity contribution < 1.29 is 19.4 Å². The van der Waals surface area contributed by atoms with E-state index in [0.29, 0.717) is 0 Å². The maximum atomic E-state index is 13.3. The Balaban J connectivity index is 3.47. The Kier molecular flexibility index (Phi) is 3.07. The molecule has 0 heterocycles. The predicted octanol–water partition coefficient (Wildman–Crippen LogP) is 1.14. The summed E-state index contributed by atoms with van der Waals surface area (Å²) in [5.74, 6) is -3.08. The Morgan fingerprint density at radius 2 is 2.14 bits per heavy atom. The molecule has 14 heavy (non-hydrogen) atoms. The van der Waals surface area contributed by atoms with Crippen molar-refractivity contribution in [3.05, 3.63) is 21.9 Å². The fourth-order valence-electron chi connectivity index (χ4n) is 0.960. The Hall–Kier alpha value is -1.14. The van der Waals surface area contributed by atoms with Crippen molar-refractivity contribution in [2.75, 3.05) is 6.54 Å². The molecular formula is C8H7BrFNO3. The molecule has 1 aromatic rings. The van der Waals surface area contributed by atoms with Crippen LogP contribution in [0.15, 0.2) is 10.5 Å². The van der Waals surface area contributed by atoms with Crippen LogP contribution in [0.1, 0.15) is 10.4 Å². The SMILES string of the molecule is NCC(=O)c1c(O)c(O)cc(Br)c1F. The van der Waals surface area contributed by atoms with Crippen molar-refractivity contribution in [2.45, 2.75) is 0 Å². The van der Waals surface area contributed by atoms with Gasteiger partial charge in [0.15, 0.2) is 23.1 Å². The highest BCUT2D eigenvalue weighted by atomic mass is 79.9. The van der Waals surface area contributed by atoms with Crippen LogP contribution in [0.4, 0.5) is 4.39 Å². The van der Waals surface area contributed by atoms with Gasteiger partial charge in [0.2, 0.25) is 0 Å². The zero-order valence-electron chi connectivity index (χ0n) is 6.92. The number of aromatic hydroxyl groups is 2. The second kappa shape index (κ2) is 3.93. The highest BCUT2D eigenvalue weighted by molar-refractivity contribution is 9.10. The molecule has 0 radical (unpaired) electrons. The molecule has 0 atom stereocenters. The van der Waals surface area contributed by atoms with Crippen molar-refractivity contribution in [3.63, 3.8) is 0 Å². The summed E-state index contributed by atoms with van der Waals surface area (Å²) in [6, 6.07) is 0.956. The number of phenols is 2. The second-order valence-electron chi connectivity index (χ2n) is 2.54. The molecule has 0 saturated carbocycles. The number of carbonyl (C=O) groups is 1. The van der Waals surface area contributed by atoms with E-state index in [9.17, 15) is 14.3 Å². The van der Waals surface area contributed by atoms with E-state index in [1.807, 2.05) is 0 Å². The summed E-state index contributed by atoms with van der Waals surface area (Å²) < 4.78 is 13.2. The number of carbonyl (C=O) groups excluding carboxylic acids is 1. The zero-order chi connectivity index (χ0) is 10.9. The topological polar surface area (TPSA) is 83.6 Å². The quantitative estimate of drug-likeness (QED) is 0.552. The number of benzene rings is 1. The molecule has 0 aromatic heterocycles. The number of hydrogen-bond acceptors (Lipinski definition) is 4. The maximum absolute atomic E-state index is 13.3. The van der Waals surface area contributed by atoms with Crippen LogP contribution < -0.4 is 5.73 Å². The van der Waals surface area contributed by atoms with Crippen LogP contribution in [-0.4, -0.2) is 22.5 Å². The zero-order valence-corrected chi connectivity index (χ0v) is 8.51. The highest BCUT2D eigenvalue weighted by Gasteiger charge is 2.21. The molecule has 6 heteroatoms. The molecule has 0 spiro atoms. The van der Waals surface area contributed by atoms with Gasteiger partial charge in [0, 0.05) is 6.07 Å². The van der Waals surface area contributed by atoms with Crippen molar-refractivity contribution >= 4 is 21.7 Å². The van der Waals surface area contributed by atoms with Crippen molar-refractivity contribution in [1.82, 2.24) is 0 Å². The van der Waals surface area contributed by atoms with Gasteiger partial charge in [-0.3, -0.25) is 4.79 Å². The van der Waals surface area contributed by atoms with Crippen molar-refractivity contribution in [3.8, 4) is 11.5 Å². The van der Waals surface area contributed by atoms with Crippen LogP contribution in [0.3, 0.4) is 0 Å². The number of nitrogens with two attached hydrogens (primary N) is 1. The van der Waals surface area contributed by atoms with Crippen LogP contribution >= 0.6 is 15.9 Å². The molecule has 4 N–H and O–H groups in total. The van der Waals surface area contributed by atoms with Crippen molar-refractivity contribution in [1.29, 1.82) is 0 Å². The fraction of sp³-hybridized carbons (Fsp3) is 0.125. The van der Waals surface area contributed by atoms with Gasteiger partial charge < -0.3 is 15.9 Å². The van der Waals surface area contributed by atoms with Gasteiger partial charge in [-0.25, -0.2) is 4.39 Å². The third-order valence-electron chi connectivity index (χ3n) is 1.64. The summed E-state index contributed by atoms with van der Waals surface area (Å²) in [5.41, 5.74) is 4.42. The molecule has 0 aliphatic heterocycles. The number of hydrogen-bond donors (Lipinski definition) is 3. The van der Waals surface area contributed by atoms with E-state index in [1.54, 1.807) is 0 Å². The van der Waals surface area contributed by atoms with Crippen LogP contribution in [-0.2, 0) is 0 Å². The molecule has 0 aliphatic rings. The summed E-state index contributed by atoms with van der Waals surface area (Å²) in [6.45, 7) is -0.444. The summed E-state index contributed by atoms with van der Waals surface area (Å²) >= 11 is 2.79. The molecule has 0 unspecified atom stereocenters. The highest BCUT2D eigenvalue weighted by Crippen LogP contribution is 2.35. The smallest absolute Gasteiger partial charge is 0.183 e. The minimum atomic E-state index is -0.934. The average molecular weight is 264 g/mol. The van der Waals surface area contributed by atoms with E-state index in [1.165, 1.54) is 0 Å². The van der Waals surface area contributed by atoms with Gasteiger partial charge in [0.05, 0.1) is 11.0 Å². The summed E-state index contributed by atoms with van der Waals surface area (Å²) in [6.07, 6.45) is 0. The first-order valence-electron chi connectivity index (χ1n) is 3.62. The lowest BCUT2D eigenvalue weighted by Gasteiger charge is -2.07. The third-order valence-corrected chi connectivity index (χ3v) is 2.21. The van der Waals surface area contributed by atoms with Gasteiger partial charge in [0.1, 0.15) is 5.56 Å². The van der Waals surface area contributed by atoms with Crippen molar-refractivity contribution in [2.24, 2.45) is 5.73 Å². The Labute approximate surface area is 87.3 Å². The predicted molar refractivity (Wildman–Crippen MR) is 50.8 cm³/mol. The molecule has 4 nitrogen and oxygen atoms in total. The lowest BCUT2D eigenvalue weighted by Crippen LogP contribution is -2.15. The normalized spacial score (nSPS) is 10.2. The Bertz CT molecular complexity index is 368. The molecule has 0 aliphatic carbocycles. The van der Waals surface area contributed by atoms with Gasteiger partial charge in [-0.2, -0.15) is 0 Å². The number of halogens is 2. The van der Waals surface area contributed by atoms with E-state index in [2.05, 4.69) is 15.9 Å². The maximum Gasteiger partial charge on any atom is 0.183 e. The molecule has 1 rings (SSSR count). The van der Waals surface area contributed by atoms with Crippen LogP contribution in [0.2, 0.25) is 0 Å². The van der Waals surface area contributed by atoms with Crippen LogP contribution in [0.25, 0.3) is 0 Å². The summed E-state index contributed by atoms with van der Waals surface area (Å²) in [4.78, 5) is 11.1. The number of rotatable bonds is 2. The minimum absolute atomic E-state index is 0.107. The minimum Gasteiger partial charge on any atom is -0.504 e. The van der Waals surface area contributed by atoms with E-state index < -0.39 is 35.2 Å². The number of phenolic OH excluding ortho intramolecular Hbond substituents is 2. The lowest BCUT2D eigenvalue weighted by atomic mass is 10.1. The lowest BCUT2D eigenvalue weighted by molar-refractivity contribution is 0.0994. The molecular weight excluding hydrogens is 257 g/mol. The van der Waals surface area contributed by atoms with E-state index >= 15 is 0 Å². The standard InChI is InChI=1S/C8H7BrFNO3/c9-3-1-4(12)8(14)6(7(3)10)5(13)2-11/h1,12,14H,2,11H2. The monoisotopic (exact) mass is 263 g/mol. The van der Waals surface area contributed by atoms with Crippen LogP contribution in [0.5, 0.6) is 11.5 Å². The first-order chi connectivity index (χ1) is 6.49. The molecule has 0 fully saturated rings. The summed E-state index contributed by atoms with van der Waals surface area (Å²) in [5, 5.41) is 18.3. The van der Waals surface area contributed by atoms with E-state index in [4.69, 9.17) is 10.8 Å². The van der Waals surface area contributed by atoms with Gasteiger partial charge in [-0.05, 0) is 15.9 Å². The first kappa shape index (κ1) is 10.9. The molecule has 0 saturated heterocycles. The number of Topliss-reactive ketones (excluding diaryl/α,β-unsaturated/α-hetero) is 1. The van der Waals surface area contributed by atoms with Gasteiger partial charge >= 0.3 is 0 Å². The molecule has 0 bridgehead atoms. The van der Waals surface area contributed by atoms with Gasteiger partial charge in [-0.15, -0.1) is 0 Å². The van der Waals surface area contributed by atoms with Gasteiger partial charge in [0.25, 0.3) is 0 Å². The largest absolute Gasteiger partial charge is 0.504 e.